The molecule has 8 nitrogen and oxygen atoms in total. The summed E-state index contributed by atoms with van der Waals surface area (Å²) in [6, 6.07) is 0. The molecule has 0 fully saturated rings. The second-order valence-corrected chi connectivity index (χ2v) is 6.46. The fraction of sp³-hybridized carbons (Fsp3) is 0.375. The molecule has 0 aliphatic carbocycles. The number of nitrogens with two attached hydrogens (primary N) is 1. The van der Waals surface area contributed by atoms with Crippen LogP contribution in [0, 0.1) is 13.8 Å². The fourth-order valence-electron chi connectivity index (χ4n) is 1.45. The van der Waals surface area contributed by atoms with Crippen molar-refractivity contribution in [2.24, 2.45) is 7.05 Å². The SMILES string of the molecule is Cc1nnc(NS(=O)(=O)c2c(N)nn(C)c2C)s1. The Morgan fingerprint density at radius 2 is 2.00 bits per heavy atom. The van der Waals surface area contributed by atoms with Gasteiger partial charge in [0.2, 0.25) is 5.13 Å². The molecule has 18 heavy (non-hydrogen) atoms. The van der Waals surface area contributed by atoms with Gasteiger partial charge in [-0.25, -0.2) is 8.42 Å². The van der Waals surface area contributed by atoms with Crippen LogP contribution in [0.2, 0.25) is 0 Å². The Morgan fingerprint density at radius 1 is 1.33 bits per heavy atom. The summed E-state index contributed by atoms with van der Waals surface area (Å²) in [5, 5.41) is 12.2. The largest absolute Gasteiger partial charge is 0.381 e. The van der Waals surface area contributed by atoms with Crippen LogP contribution in [0.25, 0.3) is 0 Å². The van der Waals surface area contributed by atoms with Gasteiger partial charge in [-0.2, -0.15) is 5.10 Å². The lowest BCUT2D eigenvalue weighted by Gasteiger charge is -2.04. The molecule has 2 aromatic rings. The molecule has 0 aliphatic heterocycles. The fourth-order valence-corrected chi connectivity index (χ4v) is 3.60. The number of nitrogen functional groups attached to an aromatic ring is 1. The second kappa shape index (κ2) is 4.21. The lowest BCUT2D eigenvalue weighted by atomic mass is 10.5. The molecular formula is C8H12N6O2S2. The Morgan fingerprint density at radius 3 is 2.44 bits per heavy atom. The topological polar surface area (TPSA) is 116 Å². The molecule has 0 bridgehead atoms. The van der Waals surface area contributed by atoms with Gasteiger partial charge in [-0.1, -0.05) is 11.3 Å². The summed E-state index contributed by atoms with van der Waals surface area (Å²) in [7, 11) is -2.17. The normalized spacial score (nSPS) is 11.7. The van der Waals surface area contributed by atoms with Crippen molar-refractivity contribution < 1.29 is 8.42 Å². The van der Waals surface area contributed by atoms with Gasteiger partial charge in [-0.15, -0.1) is 10.2 Å². The van der Waals surface area contributed by atoms with Crippen molar-refractivity contribution in [3.63, 3.8) is 0 Å². The van der Waals surface area contributed by atoms with Gasteiger partial charge in [0, 0.05) is 7.05 Å². The third-order valence-electron chi connectivity index (χ3n) is 2.32. The van der Waals surface area contributed by atoms with Crippen molar-refractivity contribution in [3.05, 3.63) is 10.7 Å². The van der Waals surface area contributed by atoms with Gasteiger partial charge >= 0.3 is 0 Å². The molecule has 0 atom stereocenters. The van der Waals surface area contributed by atoms with Crippen molar-refractivity contribution in [1.29, 1.82) is 0 Å². The molecule has 0 saturated heterocycles. The molecule has 0 spiro atoms. The van der Waals surface area contributed by atoms with E-state index in [1.807, 2.05) is 0 Å². The third-order valence-corrected chi connectivity index (χ3v) is 4.71. The monoisotopic (exact) mass is 288 g/mol. The number of nitrogens with one attached hydrogen (secondary N) is 1. The smallest absolute Gasteiger partial charge is 0.269 e. The van der Waals surface area contributed by atoms with E-state index in [2.05, 4.69) is 20.0 Å². The van der Waals surface area contributed by atoms with E-state index in [0.29, 0.717) is 10.7 Å². The summed E-state index contributed by atoms with van der Waals surface area (Å²) in [6.45, 7) is 3.36. The minimum atomic E-state index is -3.79. The van der Waals surface area contributed by atoms with E-state index in [-0.39, 0.29) is 15.8 Å². The van der Waals surface area contributed by atoms with Gasteiger partial charge in [-0.3, -0.25) is 9.40 Å². The number of hydrogen-bond acceptors (Lipinski definition) is 7. The third kappa shape index (κ3) is 2.16. The number of sulfonamides is 1. The first-order valence-electron chi connectivity index (χ1n) is 4.93. The molecule has 0 unspecified atom stereocenters. The molecule has 0 amide bonds. The van der Waals surface area contributed by atoms with Crippen LogP contribution in [0.5, 0.6) is 0 Å². The van der Waals surface area contributed by atoms with Crippen molar-refractivity contribution >= 4 is 32.3 Å². The lowest BCUT2D eigenvalue weighted by Crippen LogP contribution is -2.15. The summed E-state index contributed by atoms with van der Waals surface area (Å²) in [5.74, 6) is -0.0382. The van der Waals surface area contributed by atoms with E-state index in [9.17, 15) is 8.42 Å². The van der Waals surface area contributed by atoms with Crippen LogP contribution in [0.15, 0.2) is 4.90 Å². The number of nitrogens with zero attached hydrogens (tertiary/aromatic N) is 4. The number of aromatic nitrogens is 4. The molecule has 10 heteroatoms. The zero-order valence-corrected chi connectivity index (χ0v) is 11.6. The molecule has 3 N–H and O–H groups in total. The molecule has 0 aromatic carbocycles. The number of hydrogen-bond donors (Lipinski definition) is 2. The molecule has 2 rings (SSSR count). The highest BCUT2D eigenvalue weighted by Gasteiger charge is 2.25. The predicted molar refractivity (Wildman–Crippen MR) is 67.8 cm³/mol. The zero-order chi connectivity index (χ0) is 13.5. The summed E-state index contributed by atoms with van der Waals surface area (Å²) in [6.07, 6.45) is 0. The first-order chi connectivity index (χ1) is 8.31. The van der Waals surface area contributed by atoms with Gasteiger partial charge < -0.3 is 5.73 Å². The van der Waals surface area contributed by atoms with Crippen LogP contribution in [0.4, 0.5) is 10.9 Å². The highest BCUT2D eigenvalue weighted by atomic mass is 32.2. The number of anilines is 2. The van der Waals surface area contributed by atoms with E-state index in [4.69, 9.17) is 5.73 Å². The van der Waals surface area contributed by atoms with Crippen LogP contribution >= 0.6 is 11.3 Å². The van der Waals surface area contributed by atoms with Crippen molar-refractivity contribution in [1.82, 2.24) is 20.0 Å². The van der Waals surface area contributed by atoms with Crippen molar-refractivity contribution in [2.75, 3.05) is 10.5 Å². The first kappa shape index (κ1) is 12.8. The summed E-state index contributed by atoms with van der Waals surface area (Å²) in [5.41, 5.74) is 6.06. The van der Waals surface area contributed by atoms with Crippen LogP contribution in [-0.2, 0) is 17.1 Å². The van der Waals surface area contributed by atoms with E-state index in [0.717, 1.165) is 11.3 Å². The number of aryl methyl sites for hydroxylation is 2. The molecule has 2 heterocycles. The van der Waals surface area contributed by atoms with Crippen LogP contribution in [0.1, 0.15) is 10.7 Å². The second-order valence-electron chi connectivity index (χ2n) is 3.66. The Hall–Kier alpha value is -1.68. The molecule has 0 radical (unpaired) electrons. The summed E-state index contributed by atoms with van der Waals surface area (Å²) >= 11 is 1.15. The first-order valence-corrected chi connectivity index (χ1v) is 7.23. The van der Waals surface area contributed by atoms with Gasteiger partial charge in [0.05, 0.1) is 5.69 Å². The van der Waals surface area contributed by atoms with E-state index in [1.54, 1.807) is 20.9 Å². The Balaban J connectivity index is 2.43. The maximum absolute atomic E-state index is 12.2. The standard InChI is InChI=1S/C8H12N6O2S2/c1-4-6(7(9)12-14(4)3)18(15,16)13-8-11-10-5(2)17-8/h1-3H3,(H2,9,12)(H,11,13). The zero-order valence-electron chi connectivity index (χ0n) is 10.00. The van der Waals surface area contributed by atoms with Gasteiger partial charge in [0.25, 0.3) is 10.0 Å². The highest BCUT2D eigenvalue weighted by Crippen LogP contribution is 2.25. The van der Waals surface area contributed by atoms with Crippen LogP contribution < -0.4 is 10.5 Å². The minimum absolute atomic E-state index is 0.0298. The maximum Gasteiger partial charge on any atom is 0.269 e. The minimum Gasteiger partial charge on any atom is -0.381 e. The Kier molecular flexibility index (Phi) is 2.99. The van der Waals surface area contributed by atoms with Crippen molar-refractivity contribution in [3.8, 4) is 0 Å². The highest BCUT2D eigenvalue weighted by molar-refractivity contribution is 7.93. The summed E-state index contributed by atoms with van der Waals surface area (Å²) in [4.78, 5) is -0.0298. The molecule has 2 aromatic heterocycles. The van der Waals surface area contributed by atoms with Crippen molar-refractivity contribution in [2.45, 2.75) is 18.7 Å². The number of rotatable bonds is 3. The van der Waals surface area contributed by atoms with Crippen LogP contribution in [0.3, 0.4) is 0 Å². The predicted octanol–water partition coefficient (Wildman–Crippen LogP) is 0.271. The maximum atomic E-state index is 12.2. The average molecular weight is 288 g/mol. The molecule has 0 aliphatic rings. The quantitative estimate of drug-likeness (QED) is 0.837. The van der Waals surface area contributed by atoms with Crippen LogP contribution in [-0.4, -0.2) is 28.4 Å². The lowest BCUT2D eigenvalue weighted by molar-refractivity contribution is 0.600. The van der Waals surface area contributed by atoms with E-state index >= 15 is 0 Å². The van der Waals surface area contributed by atoms with E-state index in [1.165, 1.54) is 4.68 Å². The van der Waals surface area contributed by atoms with E-state index < -0.39 is 10.0 Å². The molecule has 98 valence electrons. The Labute approximate surface area is 108 Å². The molecular weight excluding hydrogens is 276 g/mol. The van der Waals surface area contributed by atoms with Gasteiger partial charge in [-0.05, 0) is 13.8 Å². The van der Waals surface area contributed by atoms with Gasteiger partial charge in [0.15, 0.2) is 10.7 Å². The average Bonchev–Trinajstić information content (AvgIpc) is 2.72. The molecule has 0 saturated carbocycles. The van der Waals surface area contributed by atoms with Gasteiger partial charge in [0.1, 0.15) is 5.01 Å². The Bertz CT molecular complexity index is 687. The summed E-state index contributed by atoms with van der Waals surface area (Å²) < 4.78 is 28.1.